The molecule has 1 aliphatic carbocycles. The molecule has 138 valence electrons. The summed E-state index contributed by atoms with van der Waals surface area (Å²) in [5.74, 6) is 1.88. The first-order valence-corrected chi connectivity index (χ1v) is 8.62. The highest BCUT2D eigenvalue weighted by Crippen LogP contribution is 2.36. The van der Waals surface area contributed by atoms with Gasteiger partial charge in [0, 0.05) is 13.0 Å². The number of methoxy groups -OCH3 is 2. The van der Waals surface area contributed by atoms with Crippen molar-refractivity contribution in [1.82, 2.24) is 4.90 Å². The van der Waals surface area contributed by atoms with E-state index in [0.717, 1.165) is 37.0 Å². The molecule has 2 aliphatic rings. The number of hydrogen-bond acceptors (Lipinski definition) is 5. The molecule has 6 nitrogen and oxygen atoms in total. The van der Waals surface area contributed by atoms with Crippen LogP contribution >= 0.6 is 0 Å². The van der Waals surface area contributed by atoms with Gasteiger partial charge in [0.25, 0.3) is 6.47 Å². The van der Waals surface area contributed by atoms with Gasteiger partial charge in [0.15, 0.2) is 11.5 Å². The van der Waals surface area contributed by atoms with E-state index in [4.69, 9.17) is 14.2 Å². The van der Waals surface area contributed by atoms with Crippen molar-refractivity contribution in [2.24, 2.45) is 0 Å². The first-order chi connectivity index (χ1) is 12.7. The van der Waals surface area contributed by atoms with Crippen LogP contribution in [0.5, 0.6) is 11.5 Å². The number of amides is 1. The highest BCUT2D eigenvalue weighted by molar-refractivity contribution is 5.54. The van der Waals surface area contributed by atoms with Gasteiger partial charge in [-0.3, -0.25) is 9.59 Å². The van der Waals surface area contributed by atoms with Crippen LogP contribution in [-0.2, 0) is 20.7 Å². The minimum absolute atomic E-state index is 0.00313. The minimum Gasteiger partial charge on any atom is -0.501 e. The van der Waals surface area contributed by atoms with Crippen molar-refractivity contribution in [1.29, 1.82) is 0 Å². The number of ether oxygens (including phenoxy) is 3. The topological polar surface area (TPSA) is 65.1 Å². The van der Waals surface area contributed by atoms with Crippen molar-refractivity contribution in [2.45, 2.75) is 31.7 Å². The summed E-state index contributed by atoms with van der Waals surface area (Å²) in [4.78, 5) is 24.2. The molecule has 0 aromatic heterocycles. The second-order valence-electron chi connectivity index (χ2n) is 6.40. The van der Waals surface area contributed by atoms with Crippen LogP contribution in [-0.4, -0.2) is 44.6 Å². The van der Waals surface area contributed by atoms with E-state index in [-0.39, 0.29) is 6.04 Å². The average molecular weight is 357 g/mol. The Morgan fingerprint density at radius 1 is 1.19 bits per heavy atom. The maximum atomic E-state index is 11.6. The fraction of sp³-hybridized carbons (Fsp3) is 0.400. The Hall–Kier alpha value is -2.76. The lowest BCUT2D eigenvalue weighted by atomic mass is 9.82. The van der Waals surface area contributed by atoms with Crippen LogP contribution in [0.15, 0.2) is 41.2 Å². The summed E-state index contributed by atoms with van der Waals surface area (Å²) in [6.45, 7) is 1.09. The fourth-order valence-corrected chi connectivity index (χ4v) is 3.74. The third kappa shape index (κ3) is 3.59. The highest BCUT2D eigenvalue weighted by Gasteiger charge is 2.30. The Labute approximate surface area is 153 Å². The maximum Gasteiger partial charge on any atom is 0.298 e. The highest BCUT2D eigenvalue weighted by atomic mass is 16.5. The summed E-state index contributed by atoms with van der Waals surface area (Å²) in [5, 5.41) is 0. The molecular formula is C20H23NO5. The van der Waals surface area contributed by atoms with Crippen LogP contribution in [0.4, 0.5) is 0 Å². The van der Waals surface area contributed by atoms with E-state index < -0.39 is 0 Å². The summed E-state index contributed by atoms with van der Waals surface area (Å²) < 4.78 is 15.6. The summed E-state index contributed by atoms with van der Waals surface area (Å²) in [7, 11) is 3.22. The lowest BCUT2D eigenvalue weighted by molar-refractivity contribution is -0.121. The van der Waals surface area contributed by atoms with Crippen molar-refractivity contribution in [2.75, 3.05) is 20.8 Å². The number of carbonyl (C=O) groups excluding carboxylic acids is 2. The molecule has 1 aliphatic heterocycles. The largest absolute Gasteiger partial charge is 0.501 e. The lowest BCUT2D eigenvalue weighted by Gasteiger charge is -2.38. The zero-order chi connectivity index (χ0) is 18.5. The predicted molar refractivity (Wildman–Crippen MR) is 95.9 cm³/mol. The Kier molecular flexibility index (Phi) is 5.61. The molecule has 1 heterocycles. The van der Waals surface area contributed by atoms with Crippen molar-refractivity contribution in [3.05, 3.63) is 46.7 Å². The molecule has 1 amide bonds. The van der Waals surface area contributed by atoms with Crippen LogP contribution in [0.2, 0.25) is 0 Å². The van der Waals surface area contributed by atoms with Crippen molar-refractivity contribution in [3.63, 3.8) is 0 Å². The molecule has 0 saturated carbocycles. The third-order valence-corrected chi connectivity index (χ3v) is 5.10. The van der Waals surface area contributed by atoms with E-state index in [1.54, 1.807) is 19.2 Å². The van der Waals surface area contributed by atoms with E-state index in [2.05, 4.69) is 6.08 Å². The molecule has 0 saturated heterocycles. The van der Waals surface area contributed by atoms with Crippen LogP contribution in [0.25, 0.3) is 0 Å². The van der Waals surface area contributed by atoms with Crippen LogP contribution in [0, 0.1) is 0 Å². The normalized spacial score (nSPS) is 19.4. The maximum absolute atomic E-state index is 11.6. The van der Waals surface area contributed by atoms with Crippen molar-refractivity contribution in [3.8, 4) is 11.5 Å². The second kappa shape index (κ2) is 8.08. The fourth-order valence-electron chi connectivity index (χ4n) is 3.74. The van der Waals surface area contributed by atoms with Crippen LogP contribution in [0.1, 0.15) is 24.8 Å². The molecule has 6 heteroatoms. The van der Waals surface area contributed by atoms with Gasteiger partial charge in [-0.2, -0.15) is 0 Å². The van der Waals surface area contributed by atoms with Gasteiger partial charge in [0.2, 0.25) is 6.41 Å². The molecule has 0 bridgehead atoms. The molecule has 0 fully saturated rings. The van der Waals surface area contributed by atoms with E-state index in [9.17, 15) is 9.59 Å². The first-order valence-electron chi connectivity index (χ1n) is 8.62. The summed E-state index contributed by atoms with van der Waals surface area (Å²) >= 11 is 0. The van der Waals surface area contributed by atoms with Gasteiger partial charge in [-0.1, -0.05) is 11.6 Å². The number of rotatable bonds is 7. The van der Waals surface area contributed by atoms with Gasteiger partial charge in [0.05, 0.1) is 26.0 Å². The van der Waals surface area contributed by atoms with E-state index in [1.807, 2.05) is 11.0 Å². The molecule has 1 aromatic rings. The van der Waals surface area contributed by atoms with Gasteiger partial charge < -0.3 is 19.1 Å². The van der Waals surface area contributed by atoms with E-state index in [0.29, 0.717) is 30.9 Å². The number of nitrogens with zero attached hydrogens (tertiary/aromatic N) is 1. The standard InChI is InChI=1S/C20H23NO5/c1-24-16-4-5-17-15(11-16)7-8-21(12-22)18(17)9-14-3-6-19(25-2)20(10-14)26-13-23/h3-4,6,10,12-13,18H,5,7-9,11H2,1-2H3. The van der Waals surface area contributed by atoms with Crippen LogP contribution in [0.3, 0.4) is 0 Å². The average Bonchev–Trinajstić information content (AvgIpc) is 2.68. The molecule has 1 unspecified atom stereocenters. The zero-order valence-corrected chi connectivity index (χ0v) is 15.1. The quantitative estimate of drug-likeness (QED) is 0.554. The minimum atomic E-state index is 0.00313. The second-order valence-corrected chi connectivity index (χ2v) is 6.40. The molecule has 0 radical (unpaired) electrons. The Morgan fingerprint density at radius 3 is 2.73 bits per heavy atom. The number of allylic oxidation sites excluding steroid dienone is 2. The molecule has 1 atom stereocenters. The number of carbonyl (C=O) groups is 2. The molecule has 1 aromatic carbocycles. The van der Waals surface area contributed by atoms with E-state index in [1.165, 1.54) is 18.3 Å². The molecule has 26 heavy (non-hydrogen) atoms. The van der Waals surface area contributed by atoms with Gasteiger partial charge in [0.1, 0.15) is 0 Å². The third-order valence-electron chi connectivity index (χ3n) is 5.10. The summed E-state index contributed by atoms with van der Waals surface area (Å²) in [5.41, 5.74) is 3.64. The van der Waals surface area contributed by atoms with Gasteiger partial charge in [-0.15, -0.1) is 0 Å². The molecular weight excluding hydrogens is 334 g/mol. The zero-order valence-electron chi connectivity index (χ0n) is 15.1. The Morgan fingerprint density at radius 2 is 2.04 bits per heavy atom. The monoisotopic (exact) mass is 357 g/mol. The van der Waals surface area contributed by atoms with Gasteiger partial charge in [-0.25, -0.2) is 0 Å². The van der Waals surface area contributed by atoms with Gasteiger partial charge >= 0.3 is 0 Å². The van der Waals surface area contributed by atoms with Crippen molar-refractivity contribution < 1.29 is 23.8 Å². The molecule has 3 rings (SSSR count). The Bertz CT molecular complexity index is 753. The molecule has 0 N–H and O–H groups in total. The smallest absolute Gasteiger partial charge is 0.298 e. The van der Waals surface area contributed by atoms with Gasteiger partial charge in [-0.05, 0) is 48.6 Å². The lowest BCUT2D eigenvalue weighted by Crippen LogP contribution is -2.42. The summed E-state index contributed by atoms with van der Waals surface area (Å²) in [6.07, 6.45) is 6.17. The number of benzene rings is 1. The molecule has 0 spiro atoms. The van der Waals surface area contributed by atoms with Crippen LogP contribution < -0.4 is 9.47 Å². The first kappa shape index (κ1) is 18.0. The SMILES string of the molecule is COC1=CCC2=C(CCN(C=O)C2Cc2ccc(OC)c(OC=O)c2)C1. The van der Waals surface area contributed by atoms with E-state index >= 15 is 0 Å². The summed E-state index contributed by atoms with van der Waals surface area (Å²) in [6, 6.07) is 5.52. The number of hydrogen-bond donors (Lipinski definition) is 0. The predicted octanol–water partition coefficient (Wildman–Crippen LogP) is 2.62. The Balaban J connectivity index is 1.87. The van der Waals surface area contributed by atoms with Crippen molar-refractivity contribution >= 4 is 12.9 Å².